The van der Waals surface area contributed by atoms with E-state index in [1.54, 1.807) is 0 Å². The number of rotatable bonds is 2. The molecule has 0 spiro atoms. The molecule has 0 bridgehead atoms. The maximum Gasteiger partial charge on any atom is 0.0417 e. The van der Waals surface area contributed by atoms with Gasteiger partial charge in [0.25, 0.3) is 0 Å². The minimum absolute atomic E-state index is 0. The molecule has 2 rings (SSSR count). The zero-order valence-electron chi connectivity index (χ0n) is 8.51. The Kier molecular flexibility index (Phi) is 4.55. The van der Waals surface area contributed by atoms with Crippen LogP contribution in [0.3, 0.4) is 0 Å². The van der Waals surface area contributed by atoms with Gasteiger partial charge in [0.1, 0.15) is 0 Å². The second-order valence-electron chi connectivity index (χ2n) is 3.16. The molecule has 0 unspecified atom stereocenters. The van der Waals surface area contributed by atoms with Gasteiger partial charge < -0.3 is 5.32 Å². The van der Waals surface area contributed by atoms with Gasteiger partial charge in [0.05, 0.1) is 0 Å². The summed E-state index contributed by atoms with van der Waals surface area (Å²) < 4.78 is 0. The van der Waals surface area contributed by atoms with Crippen molar-refractivity contribution in [3.05, 3.63) is 54.6 Å². The summed E-state index contributed by atoms with van der Waals surface area (Å²) in [6, 6.07) is 18.7. The van der Waals surface area contributed by atoms with Crippen molar-refractivity contribution < 1.29 is 20.4 Å². The molecule has 0 aliphatic rings. The van der Waals surface area contributed by atoms with Crippen LogP contribution in [0.2, 0.25) is 0 Å². The van der Waals surface area contributed by atoms with Gasteiger partial charge in [0, 0.05) is 38.7 Å². The summed E-state index contributed by atoms with van der Waals surface area (Å²) in [5, 5.41) is 3.19. The van der Waals surface area contributed by atoms with Crippen LogP contribution in [0, 0.1) is 0 Å². The first kappa shape index (κ1) is 12.0. The fourth-order valence-corrected chi connectivity index (χ4v) is 1.57. The molecule has 0 aliphatic carbocycles. The van der Waals surface area contributed by atoms with Gasteiger partial charge in [-0.1, -0.05) is 48.5 Å². The average molecular weight is 290 g/mol. The third kappa shape index (κ3) is 2.68. The molecule has 1 N–H and O–H groups in total. The standard InChI is InChI=1S/C13H13N.Pd/c1-14-13-10-6-5-9-12(13)11-7-3-2-4-8-11;/h2-10,14H,1H3;. The van der Waals surface area contributed by atoms with E-state index in [4.69, 9.17) is 0 Å². The van der Waals surface area contributed by atoms with Crippen LogP contribution in [0.5, 0.6) is 0 Å². The zero-order chi connectivity index (χ0) is 9.80. The Morgan fingerprint density at radius 3 is 2.07 bits per heavy atom. The van der Waals surface area contributed by atoms with Crippen LogP contribution in [-0.4, -0.2) is 7.05 Å². The minimum atomic E-state index is 0. The van der Waals surface area contributed by atoms with Crippen LogP contribution in [0.15, 0.2) is 54.6 Å². The third-order valence-electron chi connectivity index (χ3n) is 2.28. The van der Waals surface area contributed by atoms with Gasteiger partial charge in [-0.2, -0.15) is 0 Å². The molecule has 80 valence electrons. The maximum absolute atomic E-state index is 3.19. The number of para-hydroxylation sites is 1. The number of hydrogen-bond donors (Lipinski definition) is 1. The van der Waals surface area contributed by atoms with E-state index in [-0.39, 0.29) is 20.4 Å². The molecule has 2 heteroatoms. The van der Waals surface area contributed by atoms with Gasteiger partial charge in [-0.15, -0.1) is 0 Å². The second kappa shape index (κ2) is 5.70. The van der Waals surface area contributed by atoms with Crippen molar-refractivity contribution in [2.24, 2.45) is 0 Å². The van der Waals surface area contributed by atoms with Gasteiger partial charge in [0.2, 0.25) is 0 Å². The summed E-state index contributed by atoms with van der Waals surface area (Å²) in [6.07, 6.45) is 0. The van der Waals surface area contributed by atoms with Crippen molar-refractivity contribution in [3.63, 3.8) is 0 Å². The molecule has 0 aliphatic heterocycles. The Balaban J connectivity index is 0.00000112. The van der Waals surface area contributed by atoms with E-state index < -0.39 is 0 Å². The van der Waals surface area contributed by atoms with Crippen LogP contribution >= 0.6 is 0 Å². The fraction of sp³-hybridized carbons (Fsp3) is 0.0769. The minimum Gasteiger partial charge on any atom is -0.388 e. The zero-order valence-corrected chi connectivity index (χ0v) is 10.1. The fourth-order valence-electron chi connectivity index (χ4n) is 1.57. The summed E-state index contributed by atoms with van der Waals surface area (Å²) in [4.78, 5) is 0. The van der Waals surface area contributed by atoms with E-state index >= 15 is 0 Å². The SMILES string of the molecule is CNc1ccccc1-c1ccccc1.[Pd]. The van der Waals surface area contributed by atoms with Gasteiger partial charge in [-0.05, 0) is 11.6 Å². The van der Waals surface area contributed by atoms with Gasteiger partial charge in [-0.3, -0.25) is 0 Å². The number of hydrogen-bond acceptors (Lipinski definition) is 1. The van der Waals surface area contributed by atoms with Gasteiger partial charge in [0.15, 0.2) is 0 Å². The van der Waals surface area contributed by atoms with Crippen LogP contribution in [-0.2, 0) is 20.4 Å². The van der Waals surface area contributed by atoms with Crippen molar-refractivity contribution in [2.75, 3.05) is 12.4 Å². The van der Waals surface area contributed by atoms with Crippen molar-refractivity contribution >= 4 is 5.69 Å². The average Bonchev–Trinajstić information content (AvgIpc) is 2.30. The van der Waals surface area contributed by atoms with Crippen molar-refractivity contribution in [1.29, 1.82) is 0 Å². The molecule has 0 fully saturated rings. The van der Waals surface area contributed by atoms with Gasteiger partial charge in [-0.25, -0.2) is 0 Å². The van der Waals surface area contributed by atoms with Crippen LogP contribution in [0.4, 0.5) is 5.69 Å². The Labute approximate surface area is 104 Å². The molecule has 0 amide bonds. The quantitative estimate of drug-likeness (QED) is 0.836. The largest absolute Gasteiger partial charge is 0.388 e. The van der Waals surface area contributed by atoms with Crippen LogP contribution in [0.25, 0.3) is 11.1 Å². The Morgan fingerprint density at radius 2 is 1.40 bits per heavy atom. The molecule has 0 radical (unpaired) electrons. The van der Waals surface area contributed by atoms with Crippen molar-refractivity contribution in [3.8, 4) is 11.1 Å². The molecule has 0 heterocycles. The molecule has 1 nitrogen and oxygen atoms in total. The molecule has 2 aromatic rings. The summed E-state index contributed by atoms with van der Waals surface area (Å²) in [5.74, 6) is 0. The summed E-state index contributed by atoms with van der Waals surface area (Å²) in [7, 11) is 1.95. The molecule has 0 saturated carbocycles. The van der Waals surface area contributed by atoms with Crippen molar-refractivity contribution in [1.82, 2.24) is 0 Å². The first-order chi connectivity index (χ1) is 6.92. The Hall–Kier alpha value is -1.10. The monoisotopic (exact) mass is 289 g/mol. The predicted molar refractivity (Wildman–Crippen MR) is 61.4 cm³/mol. The van der Waals surface area contributed by atoms with E-state index in [0.717, 1.165) is 0 Å². The first-order valence-electron chi connectivity index (χ1n) is 4.74. The number of anilines is 1. The summed E-state index contributed by atoms with van der Waals surface area (Å²) in [6.45, 7) is 0. The number of benzene rings is 2. The predicted octanol–water partition coefficient (Wildman–Crippen LogP) is 3.39. The maximum atomic E-state index is 3.19. The smallest absolute Gasteiger partial charge is 0.0417 e. The Morgan fingerprint density at radius 1 is 0.800 bits per heavy atom. The molecular formula is C13H13NPd. The first-order valence-corrected chi connectivity index (χ1v) is 4.74. The normalized spacial score (nSPS) is 9.13. The summed E-state index contributed by atoms with van der Waals surface area (Å²) in [5.41, 5.74) is 3.66. The van der Waals surface area contributed by atoms with Crippen molar-refractivity contribution in [2.45, 2.75) is 0 Å². The molecule has 0 saturated heterocycles. The topological polar surface area (TPSA) is 12.0 Å². The molecular weight excluding hydrogens is 277 g/mol. The molecule has 0 atom stereocenters. The van der Waals surface area contributed by atoms with Crippen LogP contribution in [0.1, 0.15) is 0 Å². The molecule has 0 aromatic heterocycles. The number of nitrogens with one attached hydrogen (secondary N) is 1. The van der Waals surface area contributed by atoms with E-state index in [1.807, 2.05) is 19.2 Å². The second-order valence-corrected chi connectivity index (χ2v) is 3.16. The summed E-state index contributed by atoms with van der Waals surface area (Å²) >= 11 is 0. The van der Waals surface area contributed by atoms with Gasteiger partial charge >= 0.3 is 0 Å². The van der Waals surface area contributed by atoms with E-state index in [2.05, 4.69) is 47.8 Å². The van der Waals surface area contributed by atoms with Crippen LogP contribution < -0.4 is 5.32 Å². The molecule has 2 aromatic carbocycles. The van der Waals surface area contributed by atoms with E-state index in [9.17, 15) is 0 Å². The van der Waals surface area contributed by atoms with E-state index in [1.165, 1.54) is 16.8 Å². The van der Waals surface area contributed by atoms with E-state index in [0.29, 0.717) is 0 Å². The third-order valence-corrected chi connectivity index (χ3v) is 2.28. The molecule has 15 heavy (non-hydrogen) atoms. The Bertz CT molecular complexity index is 412.